The lowest BCUT2D eigenvalue weighted by Gasteiger charge is -2.30. The fraction of sp³-hybridized carbons (Fsp3) is 0.636. The highest BCUT2D eigenvalue weighted by molar-refractivity contribution is 7.09. The summed E-state index contributed by atoms with van der Waals surface area (Å²) in [6, 6.07) is 0. The summed E-state index contributed by atoms with van der Waals surface area (Å²) in [7, 11) is 0. The van der Waals surface area contributed by atoms with Crippen molar-refractivity contribution in [1.29, 1.82) is 0 Å². The molecule has 5 heteroatoms. The number of nitrogens with zero attached hydrogens (tertiary/aromatic N) is 1. The van der Waals surface area contributed by atoms with E-state index in [1.54, 1.807) is 5.38 Å². The molecular weight excluding hydrogens is 224 g/mol. The third-order valence-corrected chi connectivity index (χ3v) is 3.66. The summed E-state index contributed by atoms with van der Waals surface area (Å²) in [6.07, 6.45) is 1.41. The number of aliphatic hydroxyl groups excluding tert-OH is 1. The summed E-state index contributed by atoms with van der Waals surface area (Å²) >= 11 is 1.45. The quantitative estimate of drug-likeness (QED) is 0.826. The van der Waals surface area contributed by atoms with Gasteiger partial charge in [-0.2, -0.15) is 0 Å². The second kappa shape index (κ2) is 5.41. The molecule has 0 bridgehead atoms. The largest absolute Gasteiger partial charge is 0.394 e. The Morgan fingerprint density at radius 2 is 2.19 bits per heavy atom. The van der Waals surface area contributed by atoms with E-state index in [1.165, 1.54) is 11.3 Å². The highest BCUT2D eigenvalue weighted by Crippen LogP contribution is 2.16. The van der Waals surface area contributed by atoms with Crippen molar-refractivity contribution in [1.82, 2.24) is 10.3 Å². The van der Waals surface area contributed by atoms with Gasteiger partial charge in [0.05, 0.1) is 17.2 Å². The smallest absolute Gasteiger partial charge is 0.271 e. The Bertz CT molecular complexity index is 350. The highest BCUT2D eigenvalue weighted by atomic mass is 32.1. The summed E-state index contributed by atoms with van der Waals surface area (Å²) in [5, 5.41) is 14.8. The third-order valence-electron chi connectivity index (χ3n) is 2.89. The molecule has 1 rings (SSSR count). The van der Waals surface area contributed by atoms with Gasteiger partial charge in [-0.15, -0.1) is 11.3 Å². The molecule has 0 aliphatic rings. The average molecular weight is 242 g/mol. The third kappa shape index (κ3) is 2.80. The monoisotopic (exact) mass is 242 g/mol. The Labute approximate surface area is 99.7 Å². The minimum Gasteiger partial charge on any atom is -0.394 e. The first kappa shape index (κ1) is 13.1. The normalized spacial score (nSPS) is 11.5. The van der Waals surface area contributed by atoms with E-state index in [0.29, 0.717) is 18.5 Å². The SMILES string of the molecule is CCC(CC)(CO)NC(=O)c1csc(C)n1. The van der Waals surface area contributed by atoms with Crippen molar-refractivity contribution >= 4 is 17.2 Å². The van der Waals surface area contributed by atoms with Crippen molar-refractivity contribution in [2.45, 2.75) is 39.2 Å². The van der Waals surface area contributed by atoms with Crippen LogP contribution in [-0.4, -0.2) is 28.1 Å². The number of aliphatic hydroxyl groups is 1. The molecule has 2 N–H and O–H groups in total. The van der Waals surface area contributed by atoms with Gasteiger partial charge >= 0.3 is 0 Å². The van der Waals surface area contributed by atoms with E-state index >= 15 is 0 Å². The summed E-state index contributed by atoms with van der Waals surface area (Å²) in [4.78, 5) is 16.0. The molecule has 0 spiro atoms. The maximum absolute atomic E-state index is 11.9. The zero-order valence-electron chi connectivity index (χ0n) is 9.91. The first-order chi connectivity index (χ1) is 7.56. The van der Waals surface area contributed by atoms with Crippen LogP contribution in [0.4, 0.5) is 0 Å². The summed E-state index contributed by atoms with van der Waals surface area (Å²) in [5.41, 5.74) is -0.0866. The van der Waals surface area contributed by atoms with Crippen molar-refractivity contribution in [3.63, 3.8) is 0 Å². The van der Waals surface area contributed by atoms with Gasteiger partial charge in [-0.1, -0.05) is 13.8 Å². The lowest BCUT2D eigenvalue weighted by atomic mass is 9.94. The number of aromatic nitrogens is 1. The summed E-state index contributed by atoms with van der Waals surface area (Å²) in [6.45, 7) is 5.72. The number of aryl methyl sites for hydroxylation is 1. The lowest BCUT2D eigenvalue weighted by Crippen LogP contribution is -2.50. The highest BCUT2D eigenvalue weighted by Gasteiger charge is 2.28. The molecule has 1 aromatic heterocycles. The molecule has 0 saturated heterocycles. The molecule has 1 amide bonds. The van der Waals surface area contributed by atoms with Gasteiger partial charge < -0.3 is 10.4 Å². The molecule has 0 aliphatic heterocycles. The Kier molecular flexibility index (Phi) is 4.44. The van der Waals surface area contributed by atoms with Crippen molar-refractivity contribution in [3.8, 4) is 0 Å². The molecule has 0 fully saturated rings. The lowest BCUT2D eigenvalue weighted by molar-refractivity contribution is 0.0813. The van der Waals surface area contributed by atoms with E-state index in [1.807, 2.05) is 20.8 Å². The van der Waals surface area contributed by atoms with E-state index in [0.717, 1.165) is 5.01 Å². The van der Waals surface area contributed by atoms with Gasteiger partial charge in [-0.3, -0.25) is 4.79 Å². The van der Waals surface area contributed by atoms with Crippen LogP contribution in [0.2, 0.25) is 0 Å². The second-order valence-electron chi connectivity index (χ2n) is 3.85. The number of amides is 1. The first-order valence-corrected chi connectivity index (χ1v) is 6.30. The molecule has 90 valence electrons. The van der Waals surface area contributed by atoms with Gasteiger partial charge in [-0.05, 0) is 19.8 Å². The maximum Gasteiger partial charge on any atom is 0.271 e. The molecule has 16 heavy (non-hydrogen) atoms. The summed E-state index contributed by atoms with van der Waals surface area (Å²) < 4.78 is 0. The van der Waals surface area contributed by atoms with Crippen LogP contribution in [0.1, 0.15) is 42.2 Å². The van der Waals surface area contributed by atoms with Gasteiger partial charge in [0, 0.05) is 5.38 Å². The van der Waals surface area contributed by atoms with Crippen molar-refractivity contribution < 1.29 is 9.90 Å². The molecule has 4 nitrogen and oxygen atoms in total. The number of nitrogens with one attached hydrogen (secondary N) is 1. The van der Waals surface area contributed by atoms with Gasteiger partial charge in [0.15, 0.2) is 0 Å². The Morgan fingerprint density at radius 3 is 2.56 bits per heavy atom. The van der Waals surface area contributed by atoms with Gasteiger partial charge in [0.1, 0.15) is 5.69 Å². The maximum atomic E-state index is 11.9. The number of thiazole rings is 1. The molecule has 0 aromatic carbocycles. The van der Waals surface area contributed by atoms with Crippen LogP contribution in [0, 0.1) is 6.92 Å². The molecular formula is C11H18N2O2S. The fourth-order valence-corrected chi connectivity index (χ4v) is 2.06. The minimum absolute atomic E-state index is 0.0468. The fourth-order valence-electron chi connectivity index (χ4n) is 1.46. The van der Waals surface area contributed by atoms with Gasteiger partial charge in [0.25, 0.3) is 5.91 Å². The van der Waals surface area contributed by atoms with Crippen molar-refractivity contribution in [3.05, 3.63) is 16.1 Å². The predicted octanol–water partition coefficient (Wildman–Crippen LogP) is 1.73. The van der Waals surface area contributed by atoms with Crippen molar-refractivity contribution in [2.24, 2.45) is 0 Å². The Morgan fingerprint density at radius 1 is 1.56 bits per heavy atom. The van der Waals surface area contributed by atoms with Crippen molar-refractivity contribution in [2.75, 3.05) is 6.61 Å². The standard InChI is InChI=1S/C11H18N2O2S/c1-4-11(5-2,7-14)13-10(15)9-6-16-8(3)12-9/h6,14H,4-5,7H2,1-3H3,(H,13,15). The van der Waals surface area contributed by atoms with Gasteiger partial charge in [0.2, 0.25) is 0 Å². The van der Waals surface area contributed by atoms with Crippen LogP contribution in [-0.2, 0) is 0 Å². The number of hydrogen-bond donors (Lipinski definition) is 2. The zero-order chi connectivity index (χ0) is 12.2. The van der Waals surface area contributed by atoms with Crippen LogP contribution < -0.4 is 5.32 Å². The predicted molar refractivity (Wildman–Crippen MR) is 64.7 cm³/mol. The second-order valence-corrected chi connectivity index (χ2v) is 4.91. The van der Waals surface area contributed by atoms with E-state index in [9.17, 15) is 9.90 Å². The first-order valence-electron chi connectivity index (χ1n) is 5.42. The van der Waals surface area contributed by atoms with E-state index in [2.05, 4.69) is 10.3 Å². The Balaban J connectivity index is 2.76. The van der Waals surface area contributed by atoms with Crippen LogP contribution in [0.15, 0.2) is 5.38 Å². The van der Waals surface area contributed by atoms with E-state index in [4.69, 9.17) is 0 Å². The van der Waals surface area contributed by atoms with Crippen LogP contribution in [0.3, 0.4) is 0 Å². The number of hydrogen-bond acceptors (Lipinski definition) is 4. The summed E-state index contributed by atoms with van der Waals surface area (Å²) in [5.74, 6) is -0.206. The van der Waals surface area contributed by atoms with Crippen LogP contribution >= 0.6 is 11.3 Å². The van der Waals surface area contributed by atoms with Crippen LogP contribution in [0.5, 0.6) is 0 Å². The molecule has 0 aliphatic carbocycles. The number of carbonyl (C=O) groups excluding carboxylic acids is 1. The molecule has 1 heterocycles. The molecule has 0 unspecified atom stereocenters. The average Bonchev–Trinajstić information content (AvgIpc) is 2.73. The molecule has 0 atom stereocenters. The zero-order valence-corrected chi connectivity index (χ0v) is 10.7. The van der Waals surface area contributed by atoms with Crippen LogP contribution in [0.25, 0.3) is 0 Å². The van der Waals surface area contributed by atoms with E-state index < -0.39 is 5.54 Å². The number of carbonyl (C=O) groups is 1. The minimum atomic E-state index is -0.519. The van der Waals surface area contributed by atoms with E-state index in [-0.39, 0.29) is 12.5 Å². The molecule has 0 saturated carbocycles. The molecule has 1 aromatic rings. The van der Waals surface area contributed by atoms with Gasteiger partial charge in [-0.25, -0.2) is 4.98 Å². The number of rotatable bonds is 5. The topological polar surface area (TPSA) is 62.2 Å². The Hall–Kier alpha value is -0.940. The molecule has 0 radical (unpaired) electrons.